The maximum absolute atomic E-state index is 13.5. The molecular formula is C14H34NO3PSi2. The second kappa shape index (κ2) is 6.40. The first-order valence-electron chi connectivity index (χ1n) is 7.45. The van der Waals surface area contributed by atoms with Gasteiger partial charge in [-0.05, 0) is 58.5 Å². The van der Waals surface area contributed by atoms with Crippen LogP contribution in [0.15, 0.2) is 4.99 Å². The van der Waals surface area contributed by atoms with E-state index in [1.807, 2.05) is 59.3 Å². The van der Waals surface area contributed by atoms with E-state index >= 15 is 0 Å². The molecule has 0 saturated carbocycles. The van der Waals surface area contributed by atoms with E-state index in [9.17, 15) is 4.57 Å². The minimum absolute atomic E-state index is 0.0690. The lowest BCUT2D eigenvalue weighted by Gasteiger charge is -2.38. The van der Waals surface area contributed by atoms with Crippen LogP contribution < -0.4 is 0 Å². The van der Waals surface area contributed by atoms with Crippen molar-refractivity contribution in [3.05, 3.63) is 0 Å². The van der Waals surface area contributed by atoms with Gasteiger partial charge in [0.15, 0.2) is 21.9 Å². The third-order valence-electron chi connectivity index (χ3n) is 2.23. The van der Waals surface area contributed by atoms with E-state index in [-0.39, 0.29) is 5.41 Å². The minimum atomic E-state index is -3.33. The monoisotopic (exact) mass is 351 g/mol. The first kappa shape index (κ1) is 21.3. The number of hydrogen-bond donors (Lipinski definition) is 0. The maximum Gasteiger partial charge on any atom is 0.338 e. The number of hydrogen-bond acceptors (Lipinski definition) is 4. The number of nitrogens with zero attached hydrogens (tertiary/aromatic N) is 1. The zero-order valence-electron chi connectivity index (χ0n) is 15.7. The average Bonchev–Trinajstić information content (AvgIpc) is 2.06. The Morgan fingerprint density at radius 3 is 1.43 bits per heavy atom. The fourth-order valence-electron chi connectivity index (χ4n) is 1.39. The van der Waals surface area contributed by atoms with Crippen molar-refractivity contribution in [3.8, 4) is 0 Å². The van der Waals surface area contributed by atoms with Crippen LogP contribution in [-0.2, 0) is 13.0 Å². The van der Waals surface area contributed by atoms with Gasteiger partial charge in [0.1, 0.15) is 0 Å². The number of aliphatic imine (C=N–C) groups is 1. The standard InChI is InChI=1S/C14H34NO3PSi2/c1-13(2,3)12-15-14(4,5)19(16,17-20(6,7)8)18-21(9,10)11/h12H,1-11H3. The van der Waals surface area contributed by atoms with Gasteiger partial charge in [-0.25, -0.2) is 0 Å². The Kier molecular flexibility index (Phi) is 6.48. The van der Waals surface area contributed by atoms with Crippen molar-refractivity contribution in [2.45, 2.75) is 79.2 Å². The Morgan fingerprint density at radius 2 is 1.19 bits per heavy atom. The van der Waals surface area contributed by atoms with Crippen molar-refractivity contribution >= 4 is 30.4 Å². The smallest absolute Gasteiger partial charge is 0.338 e. The summed E-state index contributed by atoms with van der Waals surface area (Å²) in [5.41, 5.74) is -0.0690. The summed E-state index contributed by atoms with van der Waals surface area (Å²) in [6.45, 7) is 22.0. The van der Waals surface area contributed by atoms with Gasteiger partial charge in [-0.15, -0.1) is 0 Å². The molecule has 0 aromatic rings. The Hall–Kier alpha value is 0.254. The fraction of sp³-hybridized carbons (Fsp3) is 0.929. The van der Waals surface area contributed by atoms with Gasteiger partial charge < -0.3 is 8.43 Å². The van der Waals surface area contributed by atoms with E-state index in [1.165, 1.54) is 0 Å². The summed E-state index contributed by atoms with van der Waals surface area (Å²) >= 11 is 0. The van der Waals surface area contributed by atoms with Crippen LogP contribution >= 0.6 is 7.60 Å². The van der Waals surface area contributed by atoms with E-state index in [0.717, 1.165) is 0 Å². The van der Waals surface area contributed by atoms with Gasteiger partial charge in [-0.3, -0.25) is 9.56 Å². The van der Waals surface area contributed by atoms with Gasteiger partial charge in [0, 0.05) is 6.21 Å². The van der Waals surface area contributed by atoms with Crippen LogP contribution in [0.4, 0.5) is 0 Å². The zero-order chi connectivity index (χ0) is 17.3. The third-order valence-corrected chi connectivity index (χ3v) is 9.99. The van der Waals surface area contributed by atoms with E-state index in [4.69, 9.17) is 8.43 Å². The average molecular weight is 352 g/mol. The van der Waals surface area contributed by atoms with E-state index in [0.29, 0.717) is 0 Å². The molecule has 0 spiro atoms. The molecule has 4 nitrogen and oxygen atoms in total. The van der Waals surface area contributed by atoms with Gasteiger partial charge in [0.25, 0.3) is 0 Å². The molecule has 7 heteroatoms. The lowest BCUT2D eigenvalue weighted by Crippen LogP contribution is -2.36. The molecule has 0 rings (SSSR count). The molecule has 0 bridgehead atoms. The summed E-state index contributed by atoms with van der Waals surface area (Å²) in [5.74, 6) is 0. The Bertz CT molecular complexity index is 409. The second-order valence-electron chi connectivity index (χ2n) is 9.02. The topological polar surface area (TPSA) is 47.9 Å². The van der Waals surface area contributed by atoms with Gasteiger partial charge in [0.05, 0.1) is 0 Å². The minimum Gasteiger partial charge on any atom is -0.350 e. The molecule has 126 valence electrons. The van der Waals surface area contributed by atoms with Crippen molar-refractivity contribution in [2.24, 2.45) is 10.4 Å². The Labute approximate surface area is 133 Å². The van der Waals surface area contributed by atoms with Crippen LogP contribution in [0.3, 0.4) is 0 Å². The molecule has 0 aromatic heterocycles. The fourth-order valence-corrected chi connectivity index (χ4v) is 9.62. The van der Waals surface area contributed by atoms with Crippen LogP contribution in [0.1, 0.15) is 34.6 Å². The molecule has 0 aliphatic carbocycles. The van der Waals surface area contributed by atoms with E-state index in [1.54, 1.807) is 0 Å². The molecule has 21 heavy (non-hydrogen) atoms. The zero-order valence-corrected chi connectivity index (χ0v) is 18.6. The van der Waals surface area contributed by atoms with Gasteiger partial charge in [0.2, 0.25) is 0 Å². The molecule has 0 aliphatic heterocycles. The summed E-state index contributed by atoms with van der Waals surface area (Å²) in [4.78, 5) is 4.57. The SMILES string of the molecule is CC(C)(C)C=NC(C)(C)P(=O)(O[Si](C)(C)C)O[Si](C)(C)C. The van der Waals surface area contributed by atoms with E-state index < -0.39 is 29.5 Å². The molecular weight excluding hydrogens is 317 g/mol. The molecule has 0 atom stereocenters. The van der Waals surface area contributed by atoms with Crippen LogP contribution in [0.5, 0.6) is 0 Å². The Balaban J connectivity index is 5.68. The predicted octanol–water partition coefficient (Wildman–Crippen LogP) is 5.74. The molecule has 0 aromatic carbocycles. The van der Waals surface area contributed by atoms with Crippen LogP contribution in [0.2, 0.25) is 39.3 Å². The van der Waals surface area contributed by atoms with Crippen molar-refractivity contribution in [2.75, 3.05) is 0 Å². The third kappa shape index (κ3) is 8.45. The number of rotatable bonds is 6. The lowest BCUT2D eigenvalue weighted by atomic mass is 9.99. The highest BCUT2D eigenvalue weighted by atomic mass is 31.2. The summed E-state index contributed by atoms with van der Waals surface area (Å²) in [6, 6.07) is 0. The molecule has 0 unspecified atom stereocenters. The Morgan fingerprint density at radius 1 is 0.857 bits per heavy atom. The highest BCUT2D eigenvalue weighted by molar-refractivity contribution is 7.58. The first-order chi connectivity index (χ1) is 8.87. The molecule has 0 saturated heterocycles. The van der Waals surface area contributed by atoms with Crippen molar-refractivity contribution < 1.29 is 13.0 Å². The summed E-state index contributed by atoms with van der Waals surface area (Å²) in [5, 5.41) is -0.874. The predicted molar refractivity (Wildman–Crippen MR) is 98.5 cm³/mol. The lowest BCUT2D eigenvalue weighted by molar-refractivity contribution is 0.349. The van der Waals surface area contributed by atoms with Crippen molar-refractivity contribution in [1.82, 2.24) is 0 Å². The van der Waals surface area contributed by atoms with Crippen molar-refractivity contribution in [3.63, 3.8) is 0 Å². The van der Waals surface area contributed by atoms with Crippen LogP contribution in [0.25, 0.3) is 0 Å². The maximum atomic E-state index is 13.5. The highest BCUT2D eigenvalue weighted by Crippen LogP contribution is 2.63. The molecule has 0 amide bonds. The summed E-state index contributed by atoms with van der Waals surface area (Å²) < 4.78 is 25.5. The van der Waals surface area contributed by atoms with Gasteiger partial charge >= 0.3 is 7.60 Å². The highest BCUT2D eigenvalue weighted by Gasteiger charge is 2.48. The second-order valence-corrected chi connectivity index (χ2v) is 21.0. The molecule has 0 aliphatic rings. The van der Waals surface area contributed by atoms with Crippen molar-refractivity contribution in [1.29, 1.82) is 0 Å². The normalized spacial score (nSPS) is 15.8. The molecule has 0 N–H and O–H groups in total. The summed E-state index contributed by atoms with van der Waals surface area (Å²) in [7, 11) is -7.36. The quantitative estimate of drug-likeness (QED) is 0.348. The first-order valence-corrected chi connectivity index (χ1v) is 15.8. The largest absolute Gasteiger partial charge is 0.350 e. The van der Waals surface area contributed by atoms with Gasteiger partial charge in [-0.2, -0.15) is 0 Å². The van der Waals surface area contributed by atoms with Gasteiger partial charge in [-0.1, -0.05) is 20.8 Å². The summed E-state index contributed by atoms with van der Waals surface area (Å²) in [6.07, 6.45) is 1.85. The van der Waals surface area contributed by atoms with Crippen LogP contribution in [-0.4, -0.2) is 28.1 Å². The van der Waals surface area contributed by atoms with E-state index in [2.05, 4.69) is 25.8 Å². The molecule has 0 radical (unpaired) electrons. The molecule has 0 heterocycles. The van der Waals surface area contributed by atoms with Crippen LogP contribution in [0, 0.1) is 5.41 Å². The molecule has 0 fully saturated rings.